The van der Waals surface area contributed by atoms with Crippen LogP contribution in [-0.2, 0) is 11.3 Å². The van der Waals surface area contributed by atoms with E-state index in [1.165, 1.54) is 0 Å². The molecule has 1 atom stereocenters. The Balaban J connectivity index is 2.89. The van der Waals surface area contributed by atoms with E-state index in [-0.39, 0.29) is 0 Å². The lowest BCUT2D eigenvalue weighted by molar-refractivity contribution is -0.144. The van der Waals surface area contributed by atoms with Crippen LogP contribution in [0.3, 0.4) is 0 Å². The first kappa shape index (κ1) is 15.3. The predicted molar refractivity (Wildman–Crippen MR) is 72.7 cm³/mol. The van der Waals surface area contributed by atoms with Crippen LogP contribution in [0.5, 0.6) is 11.5 Å². The van der Waals surface area contributed by atoms with Gasteiger partial charge < -0.3 is 14.6 Å². The molecule has 1 rings (SSSR count). The maximum Gasteiger partial charge on any atom is 0.323 e. The normalized spacial score (nSPS) is 13.7. The summed E-state index contributed by atoms with van der Waals surface area (Å²) in [5.74, 6) is 0.556. The van der Waals surface area contributed by atoms with Gasteiger partial charge in [-0.15, -0.1) is 0 Å². The van der Waals surface area contributed by atoms with Crippen molar-refractivity contribution in [2.45, 2.75) is 32.4 Å². The van der Waals surface area contributed by atoms with Gasteiger partial charge in [-0.2, -0.15) is 0 Å². The Morgan fingerprint density at radius 1 is 1.37 bits per heavy atom. The van der Waals surface area contributed by atoms with E-state index in [1.54, 1.807) is 33.3 Å². The molecule has 0 aliphatic heterocycles. The number of rotatable bonds is 7. The second-order valence-corrected chi connectivity index (χ2v) is 4.52. The quantitative estimate of drug-likeness (QED) is 0.791. The van der Waals surface area contributed by atoms with Gasteiger partial charge in [0, 0.05) is 12.1 Å². The van der Waals surface area contributed by atoms with E-state index >= 15 is 0 Å². The number of hydrogen-bond donors (Lipinski definition) is 2. The van der Waals surface area contributed by atoms with Gasteiger partial charge in [0.25, 0.3) is 0 Å². The van der Waals surface area contributed by atoms with Gasteiger partial charge in [-0.1, -0.05) is 6.92 Å². The fourth-order valence-corrected chi connectivity index (χ4v) is 1.66. The van der Waals surface area contributed by atoms with Crippen LogP contribution >= 0.6 is 0 Å². The molecule has 1 aromatic carbocycles. The van der Waals surface area contributed by atoms with Crippen molar-refractivity contribution in [3.05, 3.63) is 23.8 Å². The van der Waals surface area contributed by atoms with Gasteiger partial charge in [0.15, 0.2) is 0 Å². The highest BCUT2D eigenvalue weighted by Crippen LogP contribution is 2.24. The number of carboxylic acids is 1. The zero-order chi connectivity index (χ0) is 14.5. The van der Waals surface area contributed by atoms with Crippen LogP contribution in [0, 0.1) is 0 Å². The van der Waals surface area contributed by atoms with Crippen molar-refractivity contribution in [2.75, 3.05) is 14.2 Å². The molecule has 5 heteroatoms. The van der Waals surface area contributed by atoms with Crippen LogP contribution < -0.4 is 14.8 Å². The monoisotopic (exact) mass is 267 g/mol. The maximum absolute atomic E-state index is 11.2. The fraction of sp³-hybridized carbons (Fsp3) is 0.500. The number of methoxy groups -OCH3 is 2. The maximum atomic E-state index is 11.2. The Bertz CT molecular complexity index is 447. The van der Waals surface area contributed by atoms with Crippen LogP contribution in [0.2, 0.25) is 0 Å². The van der Waals surface area contributed by atoms with E-state index < -0.39 is 11.5 Å². The molecule has 0 saturated carbocycles. The van der Waals surface area contributed by atoms with Crippen molar-refractivity contribution >= 4 is 5.97 Å². The fourth-order valence-electron chi connectivity index (χ4n) is 1.66. The lowest BCUT2D eigenvalue weighted by Crippen LogP contribution is -2.48. The topological polar surface area (TPSA) is 67.8 Å². The van der Waals surface area contributed by atoms with E-state index in [4.69, 9.17) is 9.47 Å². The molecule has 1 aromatic rings. The van der Waals surface area contributed by atoms with Crippen molar-refractivity contribution in [3.63, 3.8) is 0 Å². The summed E-state index contributed by atoms with van der Waals surface area (Å²) in [5, 5.41) is 12.3. The second-order valence-electron chi connectivity index (χ2n) is 4.52. The standard InChI is InChI=1S/C14H21NO4/c1-5-14(2,13(16)17)15-9-10-8-11(18-3)6-7-12(10)19-4/h6-8,15H,5,9H2,1-4H3,(H,16,17). The third-order valence-corrected chi connectivity index (χ3v) is 3.34. The molecule has 0 aliphatic carbocycles. The Kier molecular flexibility index (Phi) is 5.18. The van der Waals surface area contributed by atoms with Gasteiger partial charge >= 0.3 is 5.97 Å². The summed E-state index contributed by atoms with van der Waals surface area (Å²) in [6.45, 7) is 3.91. The summed E-state index contributed by atoms with van der Waals surface area (Å²) in [7, 11) is 3.17. The van der Waals surface area contributed by atoms with Gasteiger partial charge in [-0.25, -0.2) is 0 Å². The zero-order valence-corrected chi connectivity index (χ0v) is 11.8. The first-order valence-electron chi connectivity index (χ1n) is 6.16. The number of benzene rings is 1. The Hall–Kier alpha value is -1.75. The summed E-state index contributed by atoms with van der Waals surface area (Å²) < 4.78 is 10.4. The number of aliphatic carboxylic acids is 1. The number of hydrogen-bond acceptors (Lipinski definition) is 4. The average molecular weight is 267 g/mol. The molecule has 5 nitrogen and oxygen atoms in total. The molecular weight excluding hydrogens is 246 g/mol. The van der Waals surface area contributed by atoms with Crippen LogP contribution in [0.4, 0.5) is 0 Å². The SMILES string of the molecule is CCC(C)(NCc1cc(OC)ccc1OC)C(=O)O. The molecule has 0 saturated heterocycles. The minimum Gasteiger partial charge on any atom is -0.497 e. The average Bonchev–Trinajstić information content (AvgIpc) is 2.44. The van der Waals surface area contributed by atoms with Crippen molar-refractivity contribution in [1.29, 1.82) is 0 Å². The lowest BCUT2D eigenvalue weighted by atomic mass is 9.98. The zero-order valence-electron chi connectivity index (χ0n) is 11.8. The lowest BCUT2D eigenvalue weighted by Gasteiger charge is -2.25. The van der Waals surface area contributed by atoms with Gasteiger partial charge in [0.1, 0.15) is 17.0 Å². The molecule has 2 N–H and O–H groups in total. The molecular formula is C14H21NO4. The summed E-state index contributed by atoms with van der Waals surface area (Å²) in [4.78, 5) is 11.2. The van der Waals surface area contributed by atoms with Crippen molar-refractivity contribution in [3.8, 4) is 11.5 Å². The molecule has 0 spiro atoms. The number of nitrogens with one attached hydrogen (secondary N) is 1. The first-order valence-corrected chi connectivity index (χ1v) is 6.16. The van der Waals surface area contributed by atoms with Gasteiger partial charge in [-0.3, -0.25) is 10.1 Å². The van der Waals surface area contributed by atoms with Gasteiger partial charge in [-0.05, 0) is 31.5 Å². The largest absolute Gasteiger partial charge is 0.497 e. The highest BCUT2D eigenvalue weighted by atomic mass is 16.5. The predicted octanol–water partition coefficient (Wildman–Crippen LogP) is 2.05. The molecule has 0 amide bonds. The highest BCUT2D eigenvalue weighted by molar-refractivity contribution is 5.78. The highest BCUT2D eigenvalue weighted by Gasteiger charge is 2.30. The second kappa shape index (κ2) is 6.43. The molecule has 0 aliphatic rings. The van der Waals surface area contributed by atoms with E-state index in [0.717, 1.165) is 5.56 Å². The molecule has 106 valence electrons. The van der Waals surface area contributed by atoms with Crippen molar-refractivity contribution in [1.82, 2.24) is 5.32 Å². The number of carbonyl (C=O) groups is 1. The number of ether oxygens (including phenoxy) is 2. The van der Waals surface area contributed by atoms with Crippen LogP contribution in [0.15, 0.2) is 18.2 Å². The minimum absolute atomic E-state index is 0.400. The Morgan fingerprint density at radius 2 is 2.05 bits per heavy atom. The summed E-state index contributed by atoms with van der Waals surface area (Å²) in [6.07, 6.45) is 0.495. The molecule has 0 bridgehead atoms. The molecule has 0 fully saturated rings. The summed E-state index contributed by atoms with van der Waals surface area (Å²) >= 11 is 0. The van der Waals surface area contributed by atoms with Crippen molar-refractivity contribution < 1.29 is 19.4 Å². The van der Waals surface area contributed by atoms with Crippen molar-refractivity contribution in [2.24, 2.45) is 0 Å². The smallest absolute Gasteiger partial charge is 0.323 e. The summed E-state index contributed by atoms with van der Waals surface area (Å²) in [6, 6.07) is 5.45. The van der Waals surface area contributed by atoms with Gasteiger partial charge in [0.2, 0.25) is 0 Å². The molecule has 0 aromatic heterocycles. The minimum atomic E-state index is -0.950. The van der Waals surface area contributed by atoms with Gasteiger partial charge in [0.05, 0.1) is 14.2 Å². The van der Waals surface area contributed by atoms with E-state index in [0.29, 0.717) is 24.5 Å². The van der Waals surface area contributed by atoms with E-state index in [1.807, 2.05) is 13.0 Å². The molecule has 1 unspecified atom stereocenters. The third-order valence-electron chi connectivity index (χ3n) is 3.34. The van der Waals surface area contributed by atoms with E-state index in [9.17, 15) is 9.90 Å². The molecule has 0 heterocycles. The summed E-state index contributed by atoms with van der Waals surface area (Å²) in [5.41, 5.74) is -0.0866. The Labute approximate surface area is 113 Å². The first-order chi connectivity index (χ1) is 8.96. The third kappa shape index (κ3) is 3.61. The van der Waals surface area contributed by atoms with E-state index in [2.05, 4.69) is 5.32 Å². The molecule has 0 radical (unpaired) electrons. The number of carboxylic acid groups (broad SMARTS) is 1. The van der Waals surface area contributed by atoms with Crippen LogP contribution in [0.25, 0.3) is 0 Å². The molecule has 19 heavy (non-hydrogen) atoms. The Morgan fingerprint density at radius 3 is 2.53 bits per heavy atom. The van der Waals surface area contributed by atoms with Crippen LogP contribution in [0.1, 0.15) is 25.8 Å². The van der Waals surface area contributed by atoms with Crippen LogP contribution in [-0.4, -0.2) is 30.8 Å².